The van der Waals surface area contributed by atoms with Crippen LogP contribution >= 0.6 is 23.7 Å². The second-order valence-electron chi connectivity index (χ2n) is 6.28. The summed E-state index contributed by atoms with van der Waals surface area (Å²) in [7, 11) is 1.95. The van der Waals surface area contributed by atoms with Crippen molar-refractivity contribution in [2.75, 3.05) is 5.32 Å². The highest BCUT2D eigenvalue weighted by molar-refractivity contribution is 7.08. The van der Waals surface area contributed by atoms with Crippen LogP contribution < -0.4 is 10.6 Å². The predicted molar refractivity (Wildman–Crippen MR) is 94.6 cm³/mol. The largest absolute Gasteiger partial charge is 0.319 e. The molecule has 2 saturated carbocycles. The fourth-order valence-corrected chi connectivity index (χ4v) is 3.77. The molecule has 2 atom stereocenters. The van der Waals surface area contributed by atoms with Gasteiger partial charge in [0.2, 0.25) is 0 Å². The lowest BCUT2D eigenvalue weighted by Gasteiger charge is -2.26. The van der Waals surface area contributed by atoms with E-state index >= 15 is 0 Å². The number of rotatable bonds is 5. The Bertz CT molecular complexity index is 680. The molecule has 1 amide bonds. The zero-order valence-electron chi connectivity index (χ0n) is 13.0. The number of thiophene rings is 1. The summed E-state index contributed by atoms with van der Waals surface area (Å²) in [4.78, 5) is 12.2. The van der Waals surface area contributed by atoms with Crippen molar-refractivity contribution < 1.29 is 4.79 Å². The molecule has 0 bridgehead atoms. The van der Waals surface area contributed by atoms with Gasteiger partial charge < -0.3 is 10.6 Å². The molecular weight excluding hydrogens is 332 g/mol. The molecular formula is C16H21ClN4OS. The molecule has 2 aromatic rings. The van der Waals surface area contributed by atoms with Gasteiger partial charge in [-0.1, -0.05) is 6.42 Å². The molecule has 2 aliphatic carbocycles. The van der Waals surface area contributed by atoms with Crippen LogP contribution in [0.3, 0.4) is 0 Å². The molecule has 124 valence electrons. The van der Waals surface area contributed by atoms with Gasteiger partial charge in [-0.3, -0.25) is 9.48 Å². The molecule has 0 saturated heterocycles. The Morgan fingerprint density at radius 2 is 2.26 bits per heavy atom. The molecule has 2 heterocycles. The van der Waals surface area contributed by atoms with Crippen LogP contribution in [0.2, 0.25) is 0 Å². The van der Waals surface area contributed by atoms with Gasteiger partial charge in [-0.05, 0) is 30.7 Å². The molecule has 2 aliphatic rings. The highest BCUT2D eigenvalue weighted by Gasteiger charge is 2.43. The molecule has 0 aromatic carbocycles. The number of halogens is 1. The molecule has 0 radical (unpaired) electrons. The van der Waals surface area contributed by atoms with Crippen molar-refractivity contribution >= 4 is 35.3 Å². The number of carbonyl (C=O) groups excluding carboxylic acids is 1. The van der Waals surface area contributed by atoms with Gasteiger partial charge in [0.25, 0.3) is 5.91 Å². The number of carbonyl (C=O) groups is 1. The van der Waals surface area contributed by atoms with Crippen LogP contribution in [-0.4, -0.2) is 27.8 Å². The highest BCUT2D eigenvalue weighted by atomic mass is 35.5. The average molecular weight is 353 g/mol. The third-order valence-electron chi connectivity index (χ3n) is 4.71. The first kappa shape index (κ1) is 16.5. The van der Waals surface area contributed by atoms with E-state index in [1.54, 1.807) is 6.20 Å². The molecule has 7 heteroatoms. The fourth-order valence-electron chi connectivity index (χ4n) is 3.13. The van der Waals surface area contributed by atoms with E-state index in [4.69, 9.17) is 0 Å². The van der Waals surface area contributed by atoms with E-state index in [0.717, 1.165) is 17.8 Å². The van der Waals surface area contributed by atoms with Gasteiger partial charge in [-0.25, -0.2) is 0 Å². The lowest BCUT2D eigenvalue weighted by molar-refractivity contribution is 0.102. The zero-order chi connectivity index (χ0) is 15.1. The summed E-state index contributed by atoms with van der Waals surface area (Å²) in [5, 5.41) is 14.8. The number of anilines is 1. The molecule has 5 nitrogen and oxygen atoms in total. The second kappa shape index (κ2) is 6.63. The molecule has 0 aliphatic heterocycles. The summed E-state index contributed by atoms with van der Waals surface area (Å²) in [6, 6.07) is 3.08. The number of hydrogen-bond acceptors (Lipinski definition) is 4. The Balaban J connectivity index is 0.00000156. The maximum atomic E-state index is 12.2. The summed E-state index contributed by atoms with van der Waals surface area (Å²) >= 11 is 1.53. The number of hydrogen-bond donors (Lipinski definition) is 2. The van der Waals surface area contributed by atoms with E-state index in [1.807, 2.05) is 28.6 Å². The smallest absolute Gasteiger partial charge is 0.256 e. The summed E-state index contributed by atoms with van der Waals surface area (Å²) in [6.45, 7) is 0. The Kier molecular flexibility index (Phi) is 4.75. The topological polar surface area (TPSA) is 59.0 Å². The second-order valence-corrected chi connectivity index (χ2v) is 7.06. The van der Waals surface area contributed by atoms with Gasteiger partial charge in [0.15, 0.2) is 0 Å². The summed E-state index contributed by atoms with van der Waals surface area (Å²) in [5.41, 5.74) is 2.70. The minimum absolute atomic E-state index is 0. The van der Waals surface area contributed by atoms with E-state index in [0.29, 0.717) is 23.6 Å². The Morgan fingerprint density at radius 1 is 1.43 bits per heavy atom. The van der Waals surface area contributed by atoms with Crippen molar-refractivity contribution in [2.45, 2.75) is 43.7 Å². The van der Waals surface area contributed by atoms with Crippen LogP contribution in [0.15, 0.2) is 23.0 Å². The van der Waals surface area contributed by atoms with E-state index in [-0.39, 0.29) is 18.3 Å². The lowest BCUT2D eigenvalue weighted by atomic mass is 9.93. The number of nitrogens with one attached hydrogen (secondary N) is 2. The van der Waals surface area contributed by atoms with Crippen LogP contribution in [0, 0.1) is 0 Å². The Morgan fingerprint density at radius 3 is 2.91 bits per heavy atom. The molecule has 4 rings (SSSR count). The van der Waals surface area contributed by atoms with E-state index in [2.05, 4.69) is 15.7 Å². The van der Waals surface area contributed by atoms with Crippen molar-refractivity contribution in [2.24, 2.45) is 7.05 Å². The average Bonchev–Trinajstić information content (AvgIpc) is 2.87. The minimum Gasteiger partial charge on any atom is -0.319 e. The van der Waals surface area contributed by atoms with Gasteiger partial charge in [0.1, 0.15) is 0 Å². The maximum Gasteiger partial charge on any atom is 0.256 e. The number of aromatic nitrogens is 2. The molecule has 23 heavy (non-hydrogen) atoms. The predicted octanol–water partition coefficient (Wildman–Crippen LogP) is 3.15. The van der Waals surface area contributed by atoms with Gasteiger partial charge in [-0.2, -0.15) is 16.4 Å². The summed E-state index contributed by atoms with van der Waals surface area (Å²) in [6.07, 6.45) is 6.85. The minimum atomic E-state index is -0.0559. The van der Waals surface area contributed by atoms with Crippen LogP contribution in [-0.2, 0) is 7.05 Å². The third-order valence-corrected chi connectivity index (χ3v) is 5.40. The van der Waals surface area contributed by atoms with Gasteiger partial charge in [-0.15, -0.1) is 12.4 Å². The molecule has 2 N–H and O–H groups in total. The van der Waals surface area contributed by atoms with Gasteiger partial charge in [0.05, 0.1) is 23.1 Å². The summed E-state index contributed by atoms with van der Waals surface area (Å²) in [5.74, 6) is 0.408. The molecule has 2 aromatic heterocycles. The Hall–Kier alpha value is -1.37. The van der Waals surface area contributed by atoms with Gasteiger partial charge in [0, 0.05) is 30.4 Å². The number of aryl methyl sites for hydroxylation is 1. The standard InChI is InChI=1S/C16H20N4OS.ClH/c1-20-15(12-7-13(12)18-11-3-2-4-11)14(8-17-20)19-16(21)10-5-6-22-9-10;/h5-6,8-9,11-13,18H,2-4,7H2,1H3,(H,19,21);1H. The van der Waals surface area contributed by atoms with Gasteiger partial charge >= 0.3 is 0 Å². The van der Waals surface area contributed by atoms with Crippen LogP contribution in [0.5, 0.6) is 0 Å². The number of amides is 1. The van der Waals surface area contributed by atoms with Crippen molar-refractivity contribution in [3.05, 3.63) is 34.3 Å². The van der Waals surface area contributed by atoms with Crippen molar-refractivity contribution in [1.82, 2.24) is 15.1 Å². The normalized spacial score (nSPS) is 23.0. The molecule has 0 spiro atoms. The van der Waals surface area contributed by atoms with Crippen LogP contribution in [0.4, 0.5) is 5.69 Å². The fraction of sp³-hybridized carbons (Fsp3) is 0.500. The van der Waals surface area contributed by atoms with E-state index < -0.39 is 0 Å². The number of nitrogens with zero attached hydrogens (tertiary/aromatic N) is 2. The van der Waals surface area contributed by atoms with Crippen molar-refractivity contribution in [3.63, 3.8) is 0 Å². The Labute approximate surface area is 145 Å². The van der Waals surface area contributed by atoms with Crippen LogP contribution in [0.25, 0.3) is 0 Å². The third kappa shape index (κ3) is 3.29. The lowest BCUT2D eigenvalue weighted by Crippen LogP contribution is -2.37. The van der Waals surface area contributed by atoms with E-state index in [9.17, 15) is 4.79 Å². The monoisotopic (exact) mass is 352 g/mol. The van der Waals surface area contributed by atoms with E-state index in [1.165, 1.54) is 30.6 Å². The first-order chi connectivity index (χ1) is 10.7. The maximum absolute atomic E-state index is 12.2. The van der Waals surface area contributed by atoms with Crippen molar-refractivity contribution in [3.8, 4) is 0 Å². The quantitative estimate of drug-likeness (QED) is 0.869. The van der Waals surface area contributed by atoms with Crippen molar-refractivity contribution in [1.29, 1.82) is 0 Å². The SMILES string of the molecule is Cl.Cn1ncc(NC(=O)c2ccsc2)c1C1CC1NC1CCC1. The molecule has 2 fully saturated rings. The zero-order valence-corrected chi connectivity index (χ0v) is 14.6. The van der Waals surface area contributed by atoms with Crippen LogP contribution in [0.1, 0.15) is 47.7 Å². The first-order valence-electron chi connectivity index (χ1n) is 7.84. The summed E-state index contributed by atoms with van der Waals surface area (Å²) < 4.78 is 1.90. The first-order valence-corrected chi connectivity index (χ1v) is 8.78. The highest BCUT2D eigenvalue weighted by Crippen LogP contribution is 2.44. The molecule has 2 unspecified atom stereocenters.